The second-order valence-electron chi connectivity index (χ2n) is 4.80. The van der Waals surface area contributed by atoms with Crippen LogP contribution in [0.3, 0.4) is 0 Å². The summed E-state index contributed by atoms with van der Waals surface area (Å²) in [5.74, 6) is 1.26. The maximum atomic E-state index is 6.12. The standard InChI is InChI=1S/C15H15ClN2O/c1-19-9-11-4-2-3-5-12(11)15-17-13(10-6-7-10)8-14(16)18-15/h2-5,8,10H,6-7,9H2,1H3. The summed E-state index contributed by atoms with van der Waals surface area (Å²) in [6.45, 7) is 0.546. The van der Waals surface area contributed by atoms with Crippen molar-refractivity contribution in [2.75, 3.05) is 7.11 Å². The van der Waals surface area contributed by atoms with E-state index in [-0.39, 0.29) is 0 Å². The van der Waals surface area contributed by atoms with Gasteiger partial charge in [-0.15, -0.1) is 0 Å². The molecule has 1 aliphatic carbocycles. The Bertz CT molecular complexity index is 596. The summed E-state index contributed by atoms with van der Waals surface area (Å²) in [5.41, 5.74) is 3.13. The molecule has 3 nitrogen and oxygen atoms in total. The summed E-state index contributed by atoms with van der Waals surface area (Å²) >= 11 is 6.12. The fraction of sp³-hybridized carbons (Fsp3) is 0.333. The Morgan fingerprint density at radius 2 is 2.05 bits per heavy atom. The van der Waals surface area contributed by atoms with Crippen molar-refractivity contribution in [3.8, 4) is 11.4 Å². The monoisotopic (exact) mass is 274 g/mol. The molecule has 0 aliphatic heterocycles. The highest BCUT2D eigenvalue weighted by atomic mass is 35.5. The lowest BCUT2D eigenvalue weighted by atomic mass is 10.1. The second-order valence-corrected chi connectivity index (χ2v) is 5.19. The quantitative estimate of drug-likeness (QED) is 0.795. The number of nitrogens with zero attached hydrogens (tertiary/aromatic N) is 2. The smallest absolute Gasteiger partial charge is 0.161 e. The number of rotatable bonds is 4. The number of methoxy groups -OCH3 is 1. The van der Waals surface area contributed by atoms with Crippen LogP contribution in [-0.4, -0.2) is 17.1 Å². The van der Waals surface area contributed by atoms with Gasteiger partial charge in [0.25, 0.3) is 0 Å². The molecule has 2 aromatic rings. The third kappa shape index (κ3) is 2.77. The summed E-state index contributed by atoms with van der Waals surface area (Å²) in [6, 6.07) is 9.89. The van der Waals surface area contributed by atoms with Crippen LogP contribution in [0.1, 0.15) is 30.0 Å². The summed E-state index contributed by atoms with van der Waals surface area (Å²) < 4.78 is 5.22. The molecule has 4 heteroatoms. The van der Waals surface area contributed by atoms with Crippen molar-refractivity contribution in [3.05, 3.63) is 46.7 Å². The Labute approximate surface area is 117 Å². The lowest BCUT2D eigenvalue weighted by Gasteiger charge is -2.09. The van der Waals surface area contributed by atoms with Gasteiger partial charge in [0, 0.05) is 24.3 Å². The van der Waals surface area contributed by atoms with Gasteiger partial charge in [-0.05, 0) is 24.5 Å². The maximum Gasteiger partial charge on any atom is 0.161 e. The minimum atomic E-state index is 0.513. The molecule has 0 bridgehead atoms. The van der Waals surface area contributed by atoms with Crippen LogP contribution in [0.15, 0.2) is 30.3 Å². The Hall–Kier alpha value is -1.45. The molecule has 0 atom stereocenters. The van der Waals surface area contributed by atoms with E-state index in [0.29, 0.717) is 23.5 Å². The van der Waals surface area contributed by atoms with Crippen molar-refractivity contribution in [2.45, 2.75) is 25.4 Å². The van der Waals surface area contributed by atoms with E-state index in [2.05, 4.69) is 9.97 Å². The average Bonchev–Trinajstić information content (AvgIpc) is 3.23. The van der Waals surface area contributed by atoms with Crippen molar-refractivity contribution < 1.29 is 4.74 Å². The van der Waals surface area contributed by atoms with Crippen LogP contribution < -0.4 is 0 Å². The maximum absolute atomic E-state index is 6.12. The van der Waals surface area contributed by atoms with Gasteiger partial charge in [-0.3, -0.25) is 0 Å². The van der Waals surface area contributed by atoms with Crippen LogP contribution in [0.25, 0.3) is 11.4 Å². The zero-order valence-electron chi connectivity index (χ0n) is 10.8. The molecule has 19 heavy (non-hydrogen) atoms. The number of ether oxygens (including phenoxy) is 1. The molecule has 3 rings (SSSR count). The van der Waals surface area contributed by atoms with Crippen molar-refractivity contribution in [1.82, 2.24) is 9.97 Å². The first-order valence-electron chi connectivity index (χ1n) is 6.39. The molecule has 1 heterocycles. The number of aromatic nitrogens is 2. The molecule has 1 aliphatic rings. The van der Waals surface area contributed by atoms with Crippen molar-refractivity contribution in [3.63, 3.8) is 0 Å². The van der Waals surface area contributed by atoms with E-state index in [1.54, 1.807) is 7.11 Å². The first-order valence-corrected chi connectivity index (χ1v) is 6.77. The van der Waals surface area contributed by atoms with Gasteiger partial charge in [-0.2, -0.15) is 0 Å². The Morgan fingerprint density at radius 3 is 2.79 bits per heavy atom. The molecule has 98 valence electrons. The van der Waals surface area contributed by atoms with Crippen LogP contribution >= 0.6 is 11.6 Å². The highest BCUT2D eigenvalue weighted by Crippen LogP contribution is 2.40. The lowest BCUT2D eigenvalue weighted by molar-refractivity contribution is 0.185. The van der Waals surface area contributed by atoms with Gasteiger partial charge < -0.3 is 4.74 Å². The van der Waals surface area contributed by atoms with E-state index in [1.165, 1.54) is 12.8 Å². The van der Waals surface area contributed by atoms with Crippen molar-refractivity contribution in [1.29, 1.82) is 0 Å². The van der Waals surface area contributed by atoms with Crippen LogP contribution in [0.2, 0.25) is 5.15 Å². The SMILES string of the molecule is COCc1ccccc1-c1nc(Cl)cc(C2CC2)n1. The van der Waals surface area contributed by atoms with E-state index >= 15 is 0 Å². The molecular weight excluding hydrogens is 260 g/mol. The summed E-state index contributed by atoms with van der Waals surface area (Å²) in [4.78, 5) is 9.01. The van der Waals surface area contributed by atoms with E-state index in [0.717, 1.165) is 16.8 Å². The topological polar surface area (TPSA) is 35.0 Å². The molecule has 1 aromatic heterocycles. The van der Waals surface area contributed by atoms with Gasteiger partial charge in [0.05, 0.1) is 6.61 Å². The second kappa shape index (κ2) is 5.27. The van der Waals surface area contributed by atoms with Crippen molar-refractivity contribution in [2.24, 2.45) is 0 Å². The van der Waals surface area contributed by atoms with Crippen LogP contribution in [0.4, 0.5) is 0 Å². The zero-order chi connectivity index (χ0) is 13.2. The summed E-state index contributed by atoms with van der Waals surface area (Å²) in [5, 5.41) is 0.513. The number of hydrogen-bond donors (Lipinski definition) is 0. The van der Waals surface area contributed by atoms with E-state index in [1.807, 2.05) is 30.3 Å². The number of halogens is 1. The summed E-state index contributed by atoms with van der Waals surface area (Å²) in [7, 11) is 1.69. The van der Waals surface area contributed by atoms with E-state index in [9.17, 15) is 0 Å². The molecule has 0 N–H and O–H groups in total. The highest BCUT2D eigenvalue weighted by Gasteiger charge is 2.26. The van der Waals surface area contributed by atoms with Crippen LogP contribution in [0.5, 0.6) is 0 Å². The first-order chi connectivity index (χ1) is 9.28. The van der Waals surface area contributed by atoms with E-state index in [4.69, 9.17) is 16.3 Å². The minimum Gasteiger partial charge on any atom is -0.380 e. The highest BCUT2D eigenvalue weighted by molar-refractivity contribution is 6.29. The Morgan fingerprint density at radius 1 is 1.26 bits per heavy atom. The summed E-state index contributed by atoms with van der Waals surface area (Å²) in [6.07, 6.45) is 2.40. The van der Waals surface area contributed by atoms with Gasteiger partial charge in [0.15, 0.2) is 5.82 Å². The molecule has 1 saturated carbocycles. The minimum absolute atomic E-state index is 0.513. The Balaban J connectivity index is 2.05. The van der Waals surface area contributed by atoms with Crippen molar-refractivity contribution >= 4 is 11.6 Å². The molecule has 1 aromatic carbocycles. The van der Waals surface area contributed by atoms with Gasteiger partial charge in [0.2, 0.25) is 0 Å². The van der Waals surface area contributed by atoms with Gasteiger partial charge in [-0.25, -0.2) is 9.97 Å². The molecule has 0 spiro atoms. The first kappa shape index (κ1) is 12.6. The molecule has 0 saturated heterocycles. The zero-order valence-corrected chi connectivity index (χ0v) is 11.5. The number of benzene rings is 1. The molecular formula is C15H15ClN2O. The third-order valence-electron chi connectivity index (χ3n) is 3.27. The van der Waals surface area contributed by atoms with Gasteiger partial charge in [-0.1, -0.05) is 35.9 Å². The fourth-order valence-electron chi connectivity index (χ4n) is 2.16. The average molecular weight is 275 g/mol. The third-order valence-corrected chi connectivity index (χ3v) is 3.46. The fourth-order valence-corrected chi connectivity index (χ4v) is 2.36. The van der Waals surface area contributed by atoms with Crippen LogP contribution in [-0.2, 0) is 11.3 Å². The van der Waals surface area contributed by atoms with Gasteiger partial charge >= 0.3 is 0 Å². The largest absolute Gasteiger partial charge is 0.380 e. The predicted molar refractivity (Wildman–Crippen MR) is 75.2 cm³/mol. The molecule has 0 radical (unpaired) electrons. The van der Waals surface area contributed by atoms with E-state index < -0.39 is 0 Å². The van der Waals surface area contributed by atoms with Crippen LogP contribution in [0, 0.1) is 0 Å². The Kier molecular flexibility index (Phi) is 3.49. The molecule has 1 fully saturated rings. The normalized spacial score (nSPS) is 14.6. The van der Waals surface area contributed by atoms with Gasteiger partial charge in [0.1, 0.15) is 5.15 Å². The lowest BCUT2D eigenvalue weighted by Crippen LogP contribution is -1.99. The predicted octanol–water partition coefficient (Wildman–Crippen LogP) is 3.82. The molecule has 0 unspecified atom stereocenters. The number of hydrogen-bond acceptors (Lipinski definition) is 3. The molecule has 0 amide bonds.